The van der Waals surface area contributed by atoms with Crippen molar-refractivity contribution in [3.63, 3.8) is 0 Å². The molecular formula is C14H13N5O. The van der Waals surface area contributed by atoms with Gasteiger partial charge in [0.15, 0.2) is 0 Å². The number of anilines is 1. The average Bonchev–Trinajstić information content (AvgIpc) is 2.85. The summed E-state index contributed by atoms with van der Waals surface area (Å²) in [5, 5.41) is 4.57. The standard InChI is InChI=1S/C14H13N5O/c15-18-17-8-10-6-14(20)19(9-10)12-3-4-13-11(7-12)2-1-5-16-13/h1-5,7,10H,6,8-9H2. The van der Waals surface area contributed by atoms with Gasteiger partial charge in [-0.2, -0.15) is 0 Å². The maximum Gasteiger partial charge on any atom is 0.227 e. The molecule has 1 fully saturated rings. The number of carbonyl (C=O) groups excluding carboxylic acids is 1. The van der Waals surface area contributed by atoms with Crippen LogP contribution in [0.15, 0.2) is 41.6 Å². The van der Waals surface area contributed by atoms with E-state index >= 15 is 0 Å². The highest BCUT2D eigenvalue weighted by molar-refractivity contribution is 5.97. The van der Waals surface area contributed by atoms with Gasteiger partial charge in [-0.15, -0.1) is 0 Å². The van der Waals surface area contributed by atoms with Gasteiger partial charge in [-0.3, -0.25) is 9.78 Å². The number of benzene rings is 1. The third-order valence-corrected chi connectivity index (χ3v) is 3.51. The number of rotatable bonds is 3. The summed E-state index contributed by atoms with van der Waals surface area (Å²) < 4.78 is 0. The molecule has 0 bridgehead atoms. The van der Waals surface area contributed by atoms with Gasteiger partial charge in [0.2, 0.25) is 5.91 Å². The first kappa shape index (κ1) is 12.4. The van der Waals surface area contributed by atoms with Crippen LogP contribution >= 0.6 is 0 Å². The molecule has 1 aromatic heterocycles. The van der Waals surface area contributed by atoms with E-state index in [0.717, 1.165) is 16.6 Å². The van der Waals surface area contributed by atoms with E-state index in [1.54, 1.807) is 11.1 Å². The van der Waals surface area contributed by atoms with Crippen molar-refractivity contribution < 1.29 is 4.79 Å². The average molecular weight is 267 g/mol. The van der Waals surface area contributed by atoms with E-state index in [1.807, 2.05) is 30.3 Å². The third-order valence-electron chi connectivity index (χ3n) is 3.51. The Morgan fingerprint density at radius 3 is 3.20 bits per heavy atom. The van der Waals surface area contributed by atoms with Crippen LogP contribution in [0, 0.1) is 5.92 Å². The molecule has 6 nitrogen and oxygen atoms in total. The topological polar surface area (TPSA) is 82.0 Å². The Balaban J connectivity index is 1.87. The minimum Gasteiger partial charge on any atom is -0.312 e. The lowest BCUT2D eigenvalue weighted by Gasteiger charge is -2.17. The highest BCUT2D eigenvalue weighted by Crippen LogP contribution is 2.27. The van der Waals surface area contributed by atoms with Crippen molar-refractivity contribution in [3.8, 4) is 0 Å². The van der Waals surface area contributed by atoms with Crippen LogP contribution in [0.4, 0.5) is 5.69 Å². The van der Waals surface area contributed by atoms with E-state index in [0.29, 0.717) is 19.5 Å². The summed E-state index contributed by atoms with van der Waals surface area (Å²) in [6.07, 6.45) is 2.18. The van der Waals surface area contributed by atoms with Crippen molar-refractivity contribution in [3.05, 3.63) is 47.0 Å². The molecule has 1 saturated heterocycles. The lowest BCUT2D eigenvalue weighted by atomic mass is 10.1. The predicted octanol–water partition coefficient (Wildman–Crippen LogP) is 2.90. The van der Waals surface area contributed by atoms with Crippen molar-refractivity contribution in [2.45, 2.75) is 6.42 Å². The summed E-state index contributed by atoms with van der Waals surface area (Å²) in [6, 6.07) is 9.64. The van der Waals surface area contributed by atoms with Gasteiger partial charge in [0.1, 0.15) is 0 Å². The Morgan fingerprint density at radius 1 is 1.45 bits per heavy atom. The number of pyridine rings is 1. The van der Waals surface area contributed by atoms with Crippen LogP contribution in [-0.2, 0) is 4.79 Å². The molecule has 1 aliphatic rings. The first-order chi connectivity index (χ1) is 9.78. The summed E-state index contributed by atoms with van der Waals surface area (Å²) in [5.41, 5.74) is 10.1. The molecule has 6 heteroatoms. The second-order valence-corrected chi connectivity index (χ2v) is 4.87. The van der Waals surface area contributed by atoms with Crippen LogP contribution in [0.2, 0.25) is 0 Å². The lowest BCUT2D eigenvalue weighted by Crippen LogP contribution is -2.24. The normalized spacial score (nSPS) is 18.3. The highest BCUT2D eigenvalue weighted by atomic mass is 16.2. The van der Waals surface area contributed by atoms with Gasteiger partial charge >= 0.3 is 0 Å². The molecule has 0 radical (unpaired) electrons. The summed E-state index contributed by atoms with van der Waals surface area (Å²) in [7, 11) is 0. The fourth-order valence-corrected chi connectivity index (χ4v) is 2.54. The monoisotopic (exact) mass is 267 g/mol. The first-order valence-electron chi connectivity index (χ1n) is 6.44. The molecule has 20 heavy (non-hydrogen) atoms. The van der Waals surface area contributed by atoms with Crippen molar-refractivity contribution in [1.29, 1.82) is 0 Å². The number of fused-ring (bicyclic) bond motifs is 1. The number of amides is 1. The van der Waals surface area contributed by atoms with Crippen molar-refractivity contribution >= 4 is 22.5 Å². The van der Waals surface area contributed by atoms with Crippen molar-refractivity contribution in [1.82, 2.24) is 4.98 Å². The van der Waals surface area contributed by atoms with Crippen LogP contribution in [0.3, 0.4) is 0 Å². The summed E-state index contributed by atoms with van der Waals surface area (Å²) in [5.74, 6) is 0.175. The van der Waals surface area contributed by atoms with Crippen LogP contribution < -0.4 is 4.90 Å². The molecule has 0 N–H and O–H groups in total. The van der Waals surface area contributed by atoms with E-state index < -0.39 is 0 Å². The maximum absolute atomic E-state index is 12.1. The van der Waals surface area contributed by atoms with Gasteiger partial charge in [0.25, 0.3) is 0 Å². The maximum atomic E-state index is 12.1. The Hall–Kier alpha value is -2.59. The van der Waals surface area contributed by atoms with Gasteiger partial charge in [0.05, 0.1) is 5.52 Å². The summed E-state index contributed by atoms with van der Waals surface area (Å²) in [4.78, 5) is 20.8. The number of hydrogen-bond donors (Lipinski definition) is 0. The SMILES string of the molecule is [N-]=[N+]=NCC1CC(=O)N(c2ccc3ncccc3c2)C1. The number of nitrogens with zero attached hydrogens (tertiary/aromatic N) is 5. The molecule has 0 aliphatic carbocycles. The molecule has 1 unspecified atom stereocenters. The summed E-state index contributed by atoms with van der Waals surface area (Å²) in [6.45, 7) is 0.970. The molecule has 1 amide bonds. The highest BCUT2D eigenvalue weighted by Gasteiger charge is 2.30. The molecular weight excluding hydrogens is 254 g/mol. The van der Waals surface area contributed by atoms with E-state index in [-0.39, 0.29) is 11.8 Å². The third kappa shape index (κ3) is 2.29. The molecule has 2 aromatic rings. The Kier molecular flexibility index (Phi) is 3.23. The fourth-order valence-electron chi connectivity index (χ4n) is 2.54. The lowest BCUT2D eigenvalue weighted by molar-refractivity contribution is -0.117. The van der Waals surface area contributed by atoms with Crippen LogP contribution in [-0.4, -0.2) is 24.0 Å². The first-order valence-corrected chi connectivity index (χ1v) is 6.44. The predicted molar refractivity (Wildman–Crippen MR) is 76.2 cm³/mol. The van der Waals surface area contributed by atoms with Crippen LogP contribution in [0.5, 0.6) is 0 Å². The van der Waals surface area contributed by atoms with Crippen LogP contribution in [0.1, 0.15) is 6.42 Å². The molecule has 100 valence electrons. The van der Waals surface area contributed by atoms with Gasteiger partial charge in [-0.1, -0.05) is 11.2 Å². The van der Waals surface area contributed by atoms with Gasteiger partial charge in [0, 0.05) is 41.7 Å². The number of azide groups is 1. The second kappa shape index (κ2) is 5.19. The molecule has 1 aliphatic heterocycles. The number of hydrogen-bond acceptors (Lipinski definition) is 3. The minimum absolute atomic E-state index is 0.0754. The van der Waals surface area contributed by atoms with Crippen molar-refractivity contribution in [2.24, 2.45) is 11.0 Å². The quantitative estimate of drug-likeness (QED) is 0.486. The minimum atomic E-state index is 0.0754. The van der Waals surface area contributed by atoms with Gasteiger partial charge in [-0.25, -0.2) is 0 Å². The zero-order valence-corrected chi connectivity index (χ0v) is 10.8. The van der Waals surface area contributed by atoms with E-state index in [9.17, 15) is 4.79 Å². The van der Waals surface area contributed by atoms with Gasteiger partial charge in [-0.05, 0) is 35.7 Å². The molecule has 2 heterocycles. The van der Waals surface area contributed by atoms with Gasteiger partial charge < -0.3 is 4.90 Å². The van der Waals surface area contributed by atoms with E-state index in [2.05, 4.69) is 15.0 Å². The molecule has 1 atom stereocenters. The zero-order valence-electron chi connectivity index (χ0n) is 10.8. The van der Waals surface area contributed by atoms with E-state index in [4.69, 9.17) is 5.53 Å². The Bertz CT molecular complexity index is 708. The number of carbonyl (C=O) groups is 1. The van der Waals surface area contributed by atoms with E-state index in [1.165, 1.54) is 0 Å². The molecule has 3 rings (SSSR count). The fraction of sp³-hybridized carbons (Fsp3) is 0.286. The molecule has 1 aromatic carbocycles. The summed E-state index contributed by atoms with van der Waals surface area (Å²) >= 11 is 0. The van der Waals surface area contributed by atoms with Crippen LogP contribution in [0.25, 0.3) is 21.3 Å². The second-order valence-electron chi connectivity index (χ2n) is 4.87. The Labute approximate surface area is 115 Å². The smallest absolute Gasteiger partial charge is 0.227 e. The molecule has 0 spiro atoms. The largest absolute Gasteiger partial charge is 0.312 e. The Morgan fingerprint density at radius 2 is 2.35 bits per heavy atom. The molecule has 0 saturated carbocycles. The number of aromatic nitrogens is 1. The van der Waals surface area contributed by atoms with Crippen molar-refractivity contribution in [2.75, 3.05) is 18.0 Å². The zero-order chi connectivity index (χ0) is 13.9.